The predicted molar refractivity (Wildman–Crippen MR) is 104 cm³/mol. The molecule has 140 valence electrons. The van der Waals surface area contributed by atoms with E-state index in [1.807, 2.05) is 54.1 Å². The zero-order valence-electron chi connectivity index (χ0n) is 15.4. The third kappa shape index (κ3) is 3.78. The highest BCUT2D eigenvalue weighted by atomic mass is 32.1. The van der Waals surface area contributed by atoms with Crippen LogP contribution in [0.3, 0.4) is 0 Å². The molecular weight excluding hydrogens is 362 g/mol. The first-order chi connectivity index (χ1) is 12.9. The third-order valence-corrected chi connectivity index (χ3v) is 5.31. The molecule has 1 atom stereocenters. The number of carboxylic acids is 1. The molecule has 3 rings (SSSR count). The maximum absolute atomic E-state index is 13.3. The summed E-state index contributed by atoms with van der Waals surface area (Å²) in [7, 11) is 0. The van der Waals surface area contributed by atoms with Gasteiger partial charge >= 0.3 is 5.97 Å². The minimum absolute atomic E-state index is 0.230. The molecule has 0 bridgehead atoms. The van der Waals surface area contributed by atoms with Gasteiger partial charge in [0.25, 0.3) is 5.91 Å². The summed E-state index contributed by atoms with van der Waals surface area (Å²) in [6, 6.07) is 10.3. The molecule has 0 aliphatic rings. The van der Waals surface area contributed by atoms with Crippen LogP contribution in [0.15, 0.2) is 48.0 Å². The fourth-order valence-corrected chi connectivity index (χ4v) is 3.80. The number of carbonyl (C=O) groups excluding carboxylic acids is 1. The van der Waals surface area contributed by atoms with Gasteiger partial charge in [0.2, 0.25) is 0 Å². The van der Waals surface area contributed by atoms with E-state index in [-0.39, 0.29) is 12.5 Å². The van der Waals surface area contributed by atoms with Crippen LogP contribution in [0.2, 0.25) is 0 Å². The number of hydrogen-bond donors (Lipinski definition) is 1. The number of hydrogen-bond acceptors (Lipinski definition) is 4. The molecule has 0 radical (unpaired) electrons. The molecule has 0 aliphatic heterocycles. The average molecular weight is 383 g/mol. The molecule has 0 spiro atoms. The standard InChI is InChI=1S/C20H21N3O3S/c1-13-11-17(14(2)23(13)20-21-9-10-27-20)18(24)22(15(3)19(25)26)12-16-7-5-4-6-8-16/h4-11,15H,12H2,1-3H3,(H,25,26). The van der Waals surface area contributed by atoms with Crippen molar-refractivity contribution in [3.63, 3.8) is 0 Å². The summed E-state index contributed by atoms with van der Waals surface area (Å²) in [5.74, 6) is -1.34. The number of benzene rings is 1. The van der Waals surface area contributed by atoms with E-state index in [2.05, 4.69) is 4.98 Å². The van der Waals surface area contributed by atoms with Crippen LogP contribution in [0.5, 0.6) is 0 Å². The molecule has 1 aromatic carbocycles. The van der Waals surface area contributed by atoms with Crippen molar-refractivity contribution >= 4 is 23.2 Å². The largest absolute Gasteiger partial charge is 0.480 e. The molecule has 2 aromatic heterocycles. The summed E-state index contributed by atoms with van der Waals surface area (Å²) in [4.78, 5) is 30.6. The summed E-state index contributed by atoms with van der Waals surface area (Å²) in [6.45, 7) is 5.53. The summed E-state index contributed by atoms with van der Waals surface area (Å²) >= 11 is 1.48. The quantitative estimate of drug-likeness (QED) is 0.705. The lowest BCUT2D eigenvalue weighted by Crippen LogP contribution is -2.42. The van der Waals surface area contributed by atoms with Crippen molar-refractivity contribution in [3.8, 4) is 5.13 Å². The van der Waals surface area contributed by atoms with Crippen molar-refractivity contribution in [1.82, 2.24) is 14.5 Å². The first-order valence-corrected chi connectivity index (χ1v) is 9.44. The van der Waals surface area contributed by atoms with E-state index in [0.717, 1.165) is 22.1 Å². The van der Waals surface area contributed by atoms with E-state index in [1.54, 1.807) is 12.3 Å². The van der Waals surface area contributed by atoms with Crippen LogP contribution >= 0.6 is 11.3 Å². The Hall–Kier alpha value is -2.93. The second kappa shape index (κ2) is 7.75. The van der Waals surface area contributed by atoms with E-state index in [4.69, 9.17) is 0 Å². The lowest BCUT2D eigenvalue weighted by Gasteiger charge is -2.27. The fraction of sp³-hybridized carbons (Fsp3) is 0.250. The van der Waals surface area contributed by atoms with Crippen molar-refractivity contribution < 1.29 is 14.7 Å². The minimum atomic E-state index is -1.03. The zero-order chi connectivity index (χ0) is 19.6. The van der Waals surface area contributed by atoms with Gasteiger partial charge in [-0.25, -0.2) is 9.78 Å². The molecule has 1 unspecified atom stereocenters. The monoisotopic (exact) mass is 383 g/mol. The lowest BCUT2D eigenvalue weighted by atomic mass is 10.1. The van der Waals surface area contributed by atoms with Crippen LogP contribution in [-0.4, -0.2) is 37.5 Å². The maximum atomic E-state index is 13.3. The molecule has 1 amide bonds. The number of carboxylic acid groups (broad SMARTS) is 1. The Morgan fingerprint density at radius 3 is 2.56 bits per heavy atom. The Bertz CT molecular complexity index is 949. The fourth-order valence-electron chi connectivity index (χ4n) is 3.05. The van der Waals surface area contributed by atoms with Gasteiger partial charge in [-0.1, -0.05) is 30.3 Å². The lowest BCUT2D eigenvalue weighted by molar-refractivity contribution is -0.141. The molecule has 0 aliphatic carbocycles. The Labute approximate surface area is 161 Å². The number of carbonyl (C=O) groups is 2. The van der Waals surface area contributed by atoms with E-state index in [9.17, 15) is 14.7 Å². The van der Waals surface area contributed by atoms with Gasteiger partial charge in [0, 0.05) is 29.5 Å². The first-order valence-electron chi connectivity index (χ1n) is 8.56. The number of rotatable bonds is 6. The van der Waals surface area contributed by atoms with Crippen LogP contribution in [0.25, 0.3) is 5.13 Å². The molecule has 0 fully saturated rings. The Balaban J connectivity index is 1.99. The number of aromatic nitrogens is 2. The highest BCUT2D eigenvalue weighted by Gasteiger charge is 2.29. The van der Waals surface area contributed by atoms with Crippen molar-refractivity contribution in [2.75, 3.05) is 0 Å². The smallest absolute Gasteiger partial charge is 0.326 e. The highest BCUT2D eigenvalue weighted by molar-refractivity contribution is 7.12. The average Bonchev–Trinajstić information content (AvgIpc) is 3.27. The summed E-state index contributed by atoms with van der Waals surface area (Å²) < 4.78 is 1.92. The summed E-state index contributed by atoms with van der Waals surface area (Å²) in [6.07, 6.45) is 1.72. The molecule has 2 heterocycles. The maximum Gasteiger partial charge on any atom is 0.326 e. The normalized spacial score (nSPS) is 12.0. The Kier molecular flexibility index (Phi) is 5.41. The number of amides is 1. The summed E-state index contributed by atoms with van der Waals surface area (Å²) in [5.41, 5.74) is 3.01. The third-order valence-electron chi connectivity index (χ3n) is 4.55. The molecule has 0 saturated heterocycles. The van der Waals surface area contributed by atoms with Gasteiger partial charge < -0.3 is 10.0 Å². The molecule has 0 saturated carbocycles. The number of nitrogens with zero attached hydrogens (tertiary/aromatic N) is 3. The highest BCUT2D eigenvalue weighted by Crippen LogP contribution is 2.24. The van der Waals surface area contributed by atoms with Crippen LogP contribution in [0, 0.1) is 13.8 Å². The van der Waals surface area contributed by atoms with E-state index >= 15 is 0 Å². The van der Waals surface area contributed by atoms with Crippen LogP contribution in [0.4, 0.5) is 0 Å². The number of aryl methyl sites for hydroxylation is 1. The molecule has 27 heavy (non-hydrogen) atoms. The van der Waals surface area contributed by atoms with Crippen LogP contribution in [-0.2, 0) is 11.3 Å². The SMILES string of the molecule is Cc1cc(C(=O)N(Cc2ccccc2)C(C)C(=O)O)c(C)n1-c1nccs1. The molecule has 7 heteroatoms. The van der Waals surface area contributed by atoms with E-state index in [0.29, 0.717) is 5.56 Å². The van der Waals surface area contributed by atoms with Crippen molar-refractivity contribution in [3.05, 3.63) is 70.5 Å². The van der Waals surface area contributed by atoms with Crippen molar-refractivity contribution in [2.24, 2.45) is 0 Å². The zero-order valence-corrected chi connectivity index (χ0v) is 16.2. The van der Waals surface area contributed by atoms with Gasteiger partial charge in [-0.05, 0) is 32.4 Å². The van der Waals surface area contributed by atoms with Gasteiger partial charge in [-0.3, -0.25) is 9.36 Å². The Morgan fingerprint density at radius 1 is 1.26 bits per heavy atom. The topological polar surface area (TPSA) is 75.4 Å². The predicted octanol–water partition coefficient (Wildman–Crippen LogP) is 3.67. The van der Waals surface area contributed by atoms with Gasteiger partial charge in [-0.15, -0.1) is 11.3 Å². The van der Waals surface area contributed by atoms with Gasteiger partial charge in [0.1, 0.15) is 6.04 Å². The minimum Gasteiger partial charge on any atom is -0.480 e. The second-order valence-electron chi connectivity index (χ2n) is 6.37. The van der Waals surface area contributed by atoms with Gasteiger partial charge in [0.05, 0.1) is 5.56 Å². The van der Waals surface area contributed by atoms with Crippen molar-refractivity contribution in [1.29, 1.82) is 0 Å². The van der Waals surface area contributed by atoms with Crippen LogP contribution < -0.4 is 0 Å². The Morgan fingerprint density at radius 2 is 1.96 bits per heavy atom. The van der Waals surface area contributed by atoms with Crippen molar-refractivity contribution in [2.45, 2.75) is 33.4 Å². The second-order valence-corrected chi connectivity index (χ2v) is 7.24. The van der Waals surface area contributed by atoms with Crippen LogP contribution in [0.1, 0.15) is 34.2 Å². The van der Waals surface area contributed by atoms with Gasteiger partial charge in [-0.2, -0.15) is 0 Å². The first kappa shape index (κ1) is 18.8. The number of aliphatic carboxylic acids is 1. The molecule has 3 aromatic rings. The number of thiazole rings is 1. The molecule has 1 N–H and O–H groups in total. The molecule has 6 nitrogen and oxygen atoms in total. The van der Waals surface area contributed by atoms with Gasteiger partial charge in [0.15, 0.2) is 5.13 Å². The van der Waals surface area contributed by atoms with E-state index < -0.39 is 12.0 Å². The summed E-state index contributed by atoms with van der Waals surface area (Å²) in [5, 5.41) is 12.2. The molecular formula is C20H21N3O3S. The van der Waals surface area contributed by atoms with E-state index in [1.165, 1.54) is 23.2 Å².